The molecule has 4 heteroatoms. The van der Waals surface area contributed by atoms with Gasteiger partial charge in [-0.25, -0.2) is 4.79 Å². The molecular formula is C11H13NO2S. The zero-order valence-corrected chi connectivity index (χ0v) is 9.51. The van der Waals surface area contributed by atoms with Crippen LogP contribution in [0.5, 0.6) is 0 Å². The topological polar surface area (TPSA) is 52.3 Å². The highest BCUT2D eigenvalue weighted by atomic mass is 32.2. The van der Waals surface area contributed by atoms with Gasteiger partial charge in [0, 0.05) is 16.7 Å². The fourth-order valence-corrected chi connectivity index (χ4v) is 1.51. The summed E-state index contributed by atoms with van der Waals surface area (Å²) in [6.45, 7) is 0. The Morgan fingerprint density at radius 2 is 2.27 bits per heavy atom. The number of anilines is 1. The molecule has 80 valence electrons. The second-order valence-corrected chi connectivity index (χ2v) is 3.73. The van der Waals surface area contributed by atoms with Crippen molar-refractivity contribution in [3.8, 4) is 0 Å². The Morgan fingerprint density at radius 1 is 1.53 bits per heavy atom. The van der Waals surface area contributed by atoms with Gasteiger partial charge in [0.25, 0.3) is 0 Å². The smallest absolute Gasteiger partial charge is 0.330 e. The molecule has 3 nitrogen and oxygen atoms in total. The van der Waals surface area contributed by atoms with Crippen LogP contribution in [0.2, 0.25) is 0 Å². The molecule has 15 heavy (non-hydrogen) atoms. The van der Waals surface area contributed by atoms with Crippen molar-refractivity contribution in [2.24, 2.45) is 0 Å². The summed E-state index contributed by atoms with van der Waals surface area (Å²) in [6.07, 6.45) is 4.98. The van der Waals surface area contributed by atoms with E-state index in [-0.39, 0.29) is 5.97 Å². The summed E-state index contributed by atoms with van der Waals surface area (Å²) in [5.41, 5.74) is 7.28. The molecule has 0 radical (unpaired) electrons. The fourth-order valence-electron chi connectivity index (χ4n) is 1.06. The van der Waals surface area contributed by atoms with Crippen LogP contribution in [-0.2, 0) is 9.53 Å². The Bertz CT molecular complexity index is 388. The maximum Gasteiger partial charge on any atom is 0.330 e. The molecule has 0 aliphatic carbocycles. The van der Waals surface area contributed by atoms with E-state index in [9.17, 15) is 4.79 Å². The van der Waals surface area contributed by atoms with Gasteiger partial charge >= 0.3 is 5.97 Å². The van der Waals surface area contributed by atoms with Crippen LogP contribution in [0.3, 0.4) is 0 Å². The first kappa shape index (κ1) is 11.7. The maximum atomic E-state index is 10.9. The van der Waals surface area contributed by atoms with Crippen molar-refractivity contribution in [1.29, 1.82) is 0 Å². The van der Waals surface area contributed by atoms with Gasteiger partial charge in [0.1, 0.15) is 0 Å². The van der Waals surface area contributed by atoms with Crippen molar-refractivity contribution in [2.75, 3.05) is 19.1 Å². The van der Waals surface area contributed by atoms with Crippen LogP contribution in [-0.4, -0.2) is 19.3 Å². The average molecular weight is 223 g/mol. The lowest BCUT2D eigenvalue weighted by atomic mass is 10.1. The Morgan fingerprint density at radius 3 is 2.80 bits per heavy atom. The maximum absolute atomic E-state index is 10.9. The predicted molar refractivity (Wildman–Crippen MR) is 63.7 cm³/mol. The summed E-state index contributed by atoms with van der Waals surface area (Å²) >= 11 is 1.62. The van der Waals surface area contributed by atoms with Crippen LogP contribution >= 0.6 is 11.8 Å². The van der Waals surface area contributed by atoms with Crippen LogP contribution in [0, 0.1) is 0 Å². The Labute approximate surface area is 93.3 Å². The molecule has 0 heterocycles. The molecule has 0 fully saturated rings. The number of carbonyl (C=O) groups is 1. The first-order valence-electron chi connectivity index (χ1n) is 4.37. The Balaban J connectivity index is 2.87. The van der Waals surface area contributed by atoms with E-state index in [2.05, 4.69) is 4.74 Å². The SMILES string of the molecule is COC(=O)C=Cc1ccc(SC)cc1N. The van der Waals surface area contributed by atoms with Gasteiger partial charge in [0.2, 0.25) is 0 Å². The van der Waals surface area contributed by atoms with E-state index in [4.69, 9.17) is 5.73 Å². The van der Waals surface area contributed by atoms with Gasteiger partial charge in [-0.3, -0.25) is 0 Å². The third-order valence-electron chi connectivity index (χ3n) is 1.89. The summed E-state index contributed by atoms with van der Waals surface area (Å²) in [7, 11) is 1.34. The van der Waals surface area contributed by atoms with Crippen molar-refractivity contribution in [1.82, 2.24) is 0 Å². The summed E-state index contributed by atoms with van der Waals surface area (Å²) in [6, 6.07) is 5.71. The van der Waals surface area contributed by atoms with E-state index in [1.54, 1.807) is 17.8 Å². The average Bonchev–Trinajstić information content (AvgIpc) is 2.26. The van der Waals surface area contributed by atoms with Crippen LogP contribution in [0.25, 0.3) is 6.08 Å². The Hall–Kier alpha value is -1.42. The van der Waals surface area contributed by atoms with E-state index in [0.717, 1.165) is 10.5 Å². The number of nitrogen functional groups attached to an aromatic ring is 1. The molecular weight excluding hydrogens is 210 g/mol. The lowest BCUT2D eigenvalue weighted by molar-refractivity contribution is -0.134. The first-order chi connectivity index (χ1) is 7.17. The van der Waals surface area contributed by atoms with Crippen molar-refractivity contribution in [3.63, 3.8) is 0 Å². The number of esters is 1. The normalized spacial score (nSPS) is 10.5. The molecule has 1 aromatic carbocycles. The number of carbonyl (C=O) groups excluding carboxylic acids is 1. The zero-order valence-electron chi connectivity index (χ0n) is 8.69. The molecule has 0 aromatic heterocycles. The molecule has 0 aliphatic rings. The second kappa shape index (κ2) is 5.46. The van der Waals surface area contributed by atoms with E-state index in [1.807, 2.05) is 24.5 Å². The van der Waals surface area contributed by atoms with E-state index >= 15 is 0 Å². The molecule has 0 unspecified atom stereocenters. The van der Waals surface area contributed by atoms with Crippen LogP contribution in [0.15, 0.2) is 29.2 Å². The minimum absolute atomic E-state index is 0.386. The Kier molecular flexibility index (Phi) is 4.24. The summed E-state index contributed by atoms with van der Waals surface area (Å²) in [4.78, 5) is 12.0. The van der Waals surface area contributed by atoms with Crippen molar-refractivity contribution in [2.45, 2.75) is 4.90 Å². The van der Waals surface area contributed by atoms with Gasteiger partial charge in [-0.2, -0.15) is 0 Å². The summed E-state index contributed by atoms with van der Waals surface area (Å²) in [5.74, 6) is -0.386. The lowest BCUT2D eigenvalue weighted by Crippen LogP contribution is -1.94. The highest BCUT2D eigenvalue weighted by Crippen LogP contribution is 2.21. The number of ether oxygens (including phenoxy) is 1. The quantitative estimate of drug-likeness (QED) is 0.369. The van der Waals surface area contributed by atoms with Crippen molar-refractivity contribution in [3.05, 3.63) is 29.8 Å². The van der Waals surface area contributed by atoms with Gasteiger partial charge in [-0.05, 0) is 30.0 Å². The standard InChI is InChI=1S/C11H13NO2S/c1-14-11(13)6-4-8-3-5-9(15-2)7-10(8)12/h3-7H,12H2,1-2H3. The van der Waals surface area contributed by atoms with E-state index < -0.39 is 0 Å². The number of hydrogen-bond donors (Lipinski definition) is 1. The third kappa shape index (κ3) is 3.32. The molecule has 1 rings (SSSR count). The molecule has 0 atom stereocenters. The molecule has 2 N–H and O–H groups in total. The highest BCUT2D eigenvalue weighted by molar-refractivity contribution is 7.98. The number of nitrogens with two attached hydrogens (primary N) is 1. The van der Waals surface area contributed by atoms with Crippen molar-refractivity contribution < 1.29 is 9.53 Å². The molecule has 0 saturated heterocycles. The summed E-state index contributed by atoms with van der Waals surface area (Å²) in [5, 5.41) is 0. The van der Waals surface area contributed by atoms with Gasteiger partial charge in [-0.1, -0.05) is 6.07 Å². The minimum atomic E-state index is -0.386. The molecule has 0 amide bonds. The number of thioether (sulfide) groups is 1. The van der Waals surface area contributed by atoms with Gasteiger partial charge < -0.3 is 10.5 Å². The lowest BCUT2D eigenvalue weighted by Gasteiger charge is -2.02. The monoisotopic (exact) mass is 223 g/mol. The third-order valence-corrected chi connectivity index (χ3v) is 2.62. The molecule has 1 aromatic rings. The van der Waals surface area contributed by atoms with Gasteiger partial charge in [-0.15, -0.1) is 11.8 Å². The molecule has 0 spiro atoms. The largest absolute Gasteiger partial charge is 0.466 e. The van der Waals surface area contributed by atoms with E-state index in [1.165, 1.54) is 13.2 Å². The minimum Gasteiger partial charge on any atom is -0.466 e. The van der Waals surface area contributed by atoms with Crippen molar-refractivity contribution >= 4 is 29.5 Å². The van der Waals surface area contributed by atoms with Gasteiger partial charge in [0.15, 0.2) is 0 Å². The molecule has 0 aliphatic heterocycles. The second-order valence-electron chi connectivity index (χ2n) is 2.85. The number of hydrogen-bond acceptors (Lipinski definition) is 4. The fraction of sp³-hybridized carbons (Fsp3) is 0.182. The number of rotatable bonds is 3. The van der Waals surface area contributed by atoms with Gasteiger partial charge in [0.05, 0.1) is 7.11 Å². The predicted octanol–water partition coefficient (Wildman–Crippen LogP) is 2.18. The number of methoxy groups -OCH3 is 1. The summed E-state index contributed by atoms with van der Waals surface area (Å²) < 4.78 is 4.49. The zero-order chi connectivity index (χ0) is 11.3. The van der Waals surface area contributed by atoms with Crippen LogP contribution in [0.1, 0.15) is 5.56 Å². The van der Waals surface area contributed by atoms with Crippen LogP contribution < -0.4 is 5.73 Å². The van der Waals surface area contributed by atoms with E-state index in [0.29, 0.717) is 5.69 Å². The van der Waals surface area contributed by atoms with Crippen LogP contribution in [0.4, 0.5) is 5.69 Å². The highest BCUT2D eigenvalue weighted by Gasteiger charge is 1.98. The first-order valence-corrected chi connectivity index (χ1v) is 5.59. The molecule has 0 saturated carbocycles. The molecule has 0 bridgehead atoms. The number of benzene rings is 1.